The fraction of sp³-hybridized carbons (Fsp3) is 0.545. The fourth-order valence-corrected chi connectivity index (χ4v) is 2.07. The van der Waals surface area contributed by atoms with Gasteiger partial charge in [0.2, 0.25) is 0 Å². The average molecular weight is 228 g/mol. The number of hydrogen-bond acceptors (Lipinski definition) is 2. The Balaban J connectivity index is 2.27. The molecule has 16 heavy (non-hydrogen) atoms. The zero-order valence-electron chi connectivity index (χ0n) is 8.83. The molecule has 0 aliphatic carbocycles. The third kappa shape index (κ3) is 2.29. The molecular formula is C11H14F2N2O. The Kier molecular flexibility index (Phi) is 3.33. The molecule has 2 rings (SSSR count). The van der Waals surface area contributed by atoms with Gasteiger partial charge in [-0.25, -0.2) is 0 Å². The normalized spacial score (nSPS) is 17.9. The highest BCUT2D eigenvalue weighted by atomic mass is 19.3. The molecule has 5 heteroatoms. The first-order chi connectivity index (χ1) is 7.68. The molecule has 0 bridgehead atoms. The second-order valence-corrected chi connectivity index (χ2v) is 4.01. The van der Waals surface area contributed by atoms with E-state index in [0.717, 1.165) is 31.5 Å². The summed E-state index contributed by atoms with van der Waals surface area (Å²) in [6, 6.07) is 2.89. The van der Waals surface area contributed by atoms with E-state index < -0.39 is 12.1 Å². The van der Waals surface area contributed by atoms with E-state index in [1.54, 1.807) is 6.07 Å². The number of nitrogens with one attached hydrogen (secondary N) is 1. The van der Waals surface area contributed by atoms with Gasteiger partial charge in [0.05, 0.1) is 0 Å². The van der Waals surface area contributed by atoms with Crippen molar-refractivity contribution in [2.24, 2.45) is 0 Å². The lowest BCUT2D eigenvalue weighted by Gasteiger charge is -2.23. The van der Waals surface area contributed by atoms with Crippen LogP contribution in [0.5, 0.6) is 0 Å². The molecule has 3 nitrogen and oxygen atoms in total. The van der Waals surface area contributed by atoms with Crippen molar-refractivity contribution in [2.45, 2.75) is 25.3 Å². The van der Waals surface area contributed by atoms with Crippen molar-refractivity contribution in [3.05, 3.63) is 34.2 Å². The van der Waals surface area contributed by atoms with Crippen LogP contribution in [0.1, 0.15) is 30.9 Å². The van der Waals surface area contributed by atoms with Gasteiger partial charge in [0.25, 0.3) is 5.56 Å². The largest absolute Gasteiger partial charge is 0.321 e. The highest BCUT2D eigenvalue weighted by molar-refractivity contribution is 5.16. The van der Waals surface area contributed by atoms with Crippen LogP contribution >= 0.6 is 0 Å². The van der Waals surface area contributed by atoms with Crippen LogP contribution < -0.4 is 10.9 Å². The second-order valence-electron chi connectivity index (χ2n) is 4.01. The van der Waals surface area contributed by atoms with Gasteiger partial charge < -0.3 is 5.32 Å². The molecule has 0 unspecified atom stereocenters. The van der Waals surface area contributed by atoms with Crippen molar-refractivity contribution in [1.29, 1.82) is 0 Å². The second kappa shape index (κ2) is 4.74. The molecule has 1 N–H and O–H groups in total. The van der Waals surface area contributed by atoms with Gasteiger partial charge in [-0.05, 0) is 37.4 Å². The summed E-state index contributed by atoms with van der Waals surface area (Å²) in [5.41, 5.74) is 0.189. The van der Waals surface area contributed by atoms with Crippen molar-refractivity contribution in [3.63, 3.8) is 0 Å². The van der Waals surface area contributed by atoms with E-state index in [2.05, 4.69) is 5.32 Å². The zero-order chi connectivity index (χ0) is 11.5. The van der Waals surface area contributed by atoms with E-state index in [4.69, 9.17) is 0 Å². The number of halogens is 2. The topological polar surface area (TPSA) is 34.0 Å². The Hall–Kier alpha value is -1.23. The third-order valence-electron chi connectivity index (χ3n) is 2.98. The molecule has 1 fully saturated rings. The SMILES string of the molecule is O=c1ccc(C2CCNCC2)cn1C(F)F. The fourth-order valence-electron chi connectivity index (χ4n) is 2.07. The van der Waals surface area contributed by atoms with Gasteiger partial charge in [0, 0.05) is 12.3 Å². The maximum Gasteiger partial charge on any atom is 0.321 e. The minimum Gasteiger partial charge on any atom is -0.317 e. The Morgan fingerprint density at radius 3 is 2.62 bits per heavy atom. The molecule has 0 saturated carbocycles. The minimum atomic E-state index is -2.76. The first kappa shape index (κ1) is 11.3. The molecule has 88 valence electrons. The van der Waals surface area contributed by atoms with Gasteiger partial charge in [0.15, 0.2) is 0 Å². The number of piperidine rings is 1. The lowest BCUT2D eigenvalue weighted by atomic mass is 9.91. The summed E-state index contributed by atoms with van der Waals surface area (Å²) in [6.45, 7) is -0.953. The van der Waals surface area contributed by atoms with Gasteiger partial charge in [-0.15, -0.1) is 0 Å². The number of hydrogen-bond donors (Lipinski definition) is 1. The van der Waals surface area contributed by atoms with E-state index in [9.17, 15) is 13.6 Å². The van der Waals surface area contributed by atoms with Gasteiger partial charge in [0.1, 0.15) is 0 Å². The van der Waals surface area contributed by atoms with E-state index in [1.807, 2.05) is 0 Å². The average Bonchev–Trinajstić information content (AvgIpc) is 2.30. The first-order valence-electron chi connectivity index (χ1n) is 5.39. The van der Waals surface area contributed by atoms with Crippen molar-refractivity contribution >= 4 is 0 Å². The molecule has 1 aliphatic heterocycles. The summed E-state index contributed by atoms with van der Waals surface area (Å²) >= 11 is 0. The van der Waals surface area contributed by atoms with E-state index in [0.29, 0.717) is 4.57 Å². The van der Waals surface area contributed by atoms with Crippen LogP contribution in [0.3, 0.4) is 0 Å². The number of pyridine rings is 1. The summed E-state index contributed by atoms with van der Waals surface area (Å²) in [4.78, 5) is 11.2. The summed E-state index contributed by atoms with van der Waals surface area (Å²) in [5, 5.41) is 3.22. The van der Waals surface area contributed by atoms with Gasteiger partial charge in [-0.3, -0.25) is 9.36 Å². The minimum absolute atomic E-state index is 0.284. The van der Waals surface area contributed by atoms with E-state index in [1.165, 1.54) is 12.3 Å². The molecular weight excluding hydrogens is 214 g/mol. The monoisotopic (exact) mass is 228 g/mol. The number of aromatic nitrogens is 1. The van der Waals surface area contributed by atoms with Crippen LogP contribution in [0.25, 0.3) is 0 Å². The summed E-state index contributed by atoms with van der Waals surface area (Å²) < 4.78 is 25.5. The van der Waals surface area contributed by atoms with E-state index >= 15 is 0 Å². The Morgan fingerprint density at radius 2 is 2.00 bits per heavy atom. The Bertz CT molecular complexity index is 411. The quantitative estimate of drug-likeness (QED) is 0.836. The highest BCUT2D eigenvalue weighted by Gasteiger charge is 2.17. The molecule has 1 aromatic rings. The molecule has 0 radical (unpaired) electrons. The molecule has 2 heterocycles. The predicted molar refractivity (Wildman–Crippen MR) is 56.8 cm³/mol. The summed E-state index contributed by atoms with van der Waals surface area (Å²) in [6.07, 6.45) is 3.16. The predicted octanol–water partition coefficient (Wildman–Crippen LogP) is 1.71. The molecule has 1 aromatic heterocycles. The van der Waals surface area contributed by atoms with Crippen molar-refractivity contribution in [3.8, 4) is 0 Å². The Morgan fingerprint density at radius 1 is 1.31 bits per heavy atom. The molecule has 0 spiro atoms. The molecule has 0 aromatic carbocycles. The van der Waals surface area contributed by atoms with Crippen molar-refractivity contribution in [2.75, 3.05) is 13.1 Å². The van der Waals surface area contributed by atoms with Crippen LogP contribution in [0, 0.1) is 0 Å². The zero-order valence-corrected chi connectivity index (χ0v) is 8.83. The molecule has 1 saturated heterocycles. The van der Waals surface area contributed by atoms with Crippen LogP contribution in [0.4, 0.5) is 8.78 Å². The van der Waals surface area contributed by atoms with Crippen molar-refractivity contribution < 1.29 is 8.78 Å². The summed E-state index contributed by atoms with van der Waals surface area (Å²) in [5.74, 6) is 0.284. The standard InChI is InChI=1S/C11H14F2N2O/c12-11(13)15-7-9(1-2-10(15)16)8-3-5-14-6-4-8/h1-2,7-8,11,14H,3-6H2. The van der Waals surface area contributed by atoms with Gasteiger partial charge in [-0.1, -0.05) is 6.07 Å². The third-order valence-corrected chi connectivity index (χ3v) is 2.98. The van der Waals surface area contributed by atoms with Crippen LogP contribution in [-0.2, 0) is 0 Å². The number of nitrogens with zero attached hydrogens (tertiary/aromatic N) is 1. The number of rotatable bonds is 2. The lowest BCUT2D eigenvalue weighted by Crippen LogP contribution is -2.28. The first-order valence-corrected chi connectivity index (χ1v) is 5.39. The maximum absolute atomic E-state index is 12.5. The molecule has 0 amide bonds. The van der Waals surface area contributed by atoms with E-state index in [-0.39, 0.29) is 5.92 Å². The smallest absolute Gasteiger partial charge is 0.317 e. The highest BCUT2D eigenvalue weighted by Crippen LogP contribution is 2.24. The summed E-state index contributed by atoms with van der Waals surface area (Å²) in [7, 11) is 0. The molecule has 0 atom stereocenters. The van der Waals surface area contributed by atoms with Crippen molar-refractivity contribution in [1.82, 2.24) is 9.88 Å². The van der Waals surface area contributed by atoms with Crippen LogP contribution in [0.2, 0.25) is 0 Å². The van der Waals surface area contributed by atoms with Crippen LogP contribution in [0.15, 0.2) is 23.1 Å². The van der Waals surface area contributed by atoms with Gasteiger partial charge in [-0.2, -0.15) is 8.78 Å². The lowest BCUT2D eigenvalue weighted by molar-refractivity contribution is 0.0659. The Labute approximate surface area is 92.1 Å². The molecule has 1 aliphatic rings. The number of alkyl halides is 2. The van der Waals surface area contributed by atoms with Crippen LogP contribution in [-0.4, -0.2) is 17.7 Å². The van der Waals surface area contributed by atoms with Gasteiger partial charge >= 0.3 is 6.55 Å². The maximum atomic E-state index is 12.5.